The van der Waals surface area contributed by atoms with E-state index in [2.05, 4.69) is 0 Å². The zero-order chi connectivity index (χ0) is 12.3. The van der Waals surface area contributed by atoms with Crippen LogP contribution in [0.3, 0.4) is 0 Å². The van der Waals surface area contributed by atoms with Crippen LogP contribution in [0.15, 0.2) is 6.07 Å². The average Bonchev–Trinajstić information content (AvgIpc) is 2.31. The maximum absolute atomic E-state index is 11.4. The predicted molar refractivity (Wildman–Crippen MR) is 59.4 cm³/mol. The van der Waals surface area contributed by atoms with E-state index in [1.807, 2.05) is 13.8 Å². The molecule has 0 saturated carbocycles. The number of aldehydes is 1. The molecule has 0 fully saturated rings. The van der Waals surface area contributed by atoms with Crippen molar-refractivity contribution in [1.29, 1.82) is 0 Å². The third-order valence-corrected chi connectivity index (χ3v) is 2.59. The summed E-state index contributed by atoms with van der Waals surface area (Å²) in [6.45, 7) is 3.68. The van der Waals surface area contributed by atoms with E-state index in [1.54, 1.807) is 0 Å². The van der Waals surface area contributed by atoms with Crippen molar-refractivity contribution >= 4 is 12.1 Å². The number of benzene rings is 1. The molecule has 0 aliphatic heterocycles. The first-order valence-corrected chi connectivity index (χ1v) is 4.78. The number of Topliss-reactive ketones (excluding diaryl/α,β-unsaturated/α-hetero) is 1. The van der Waals surface area contributed by atoms with Gasteiger partial charge in [-0.2, -0.15) is 0 Å². The molecule has 0 aliphatic carbocycles. The summed E-state index contributed by atoms with van der Waals surface area (Å²) in [5.74, 6) is 0.386. The van der Waals surface area contributed by atoms with Gasteiger partial charge in [0.2, 0.25) is 5.78 Å². The number of ketones is 1. The van der Waals surface area contributed by atoms with Crippen molar-refractivity contribution < 1.29 is 19.1 Å². The van der Waals surface area contributed by atoms with E-state index < -0.39 is 5.78 Å². The van der Waals surface area contributed by atoms with Crippen LogP contribution in [-0.2, 0) is 4.79 Å². The lowest BCUT2D eigenvalue weighted by Gasteiger charge is -2.14. The highest BCUT2D eigenvalue weighted by molar-refractivity contribution is 6.34. The summed E-state index contributed by atoms with van der Waals surface area (Å²) >= 11 is 0. The molecule has 16 heavy (non-hydrogen) atoms. The summed E-state index contributed by atoms with van der Waals surface area (Å²) in [4.78, 5) is 21.9. The summed E-state index contributed by atoms with van der Waals surface area (Å²) in [5, 5.41) is 0. The van der Waals surface area contributed by atoms with Crippen molar-refractivity contribution in [2.45, 2.75) is 13.8 Å². The maximum Gasteiger partial charge on any atom is 0.229 e. The van der Waals surface area contributed by atoms with Gasteiger partial charge >= 0.3 is 0 Å². The zero-order valence-electron chi connectivity index (χ0n) is 9.79. The number of carbonyl (C=O) groups is 2. The van der Waals surface area contributed by atoms with Crippen molar-refractivity contribution in [3.8, 4) is 11.5 Å². The molecule has 0 aliphatic rings. The first kappa shape index (κ1) is 12.2. The minimum absolute atomic E-state index is 0.234. The number of ether oxygens (including phenoxy) is 2. The van der Waals surface area contributed by atoms with Gasteiger partial charge in [-0.1, -0.05) is 0 Å². The highest BCUT2D eigenvalue weighted by Crippen LogP contribution is 2.33. The van der Waals surface area contributed by atoms with Crippen LogP contribution in [0.2, 0.25) is 0 Å². The SMILES string of the molecule is COc1cc(C(=O)C=O)c(OC)c(C)c1C. The van der Waals surface area contributed by atoms with Crippen LogP contribution in [0, 0.1) is 13.8 Å². The first-order valence-electron chi connectivity index (χ1n) is 4.78. The van der Waals surface area contributed by atoms with Crippen LogP contribution in [0.4, 0.5) is 0 Å². The molecule has 0 bridgehead atoms. The van der Waals surface area contributed by atoms with E-state index in [-0.39, 0.29) is 11.8 Å². The molecule has 86 valence electrons. The molecule has 0 saturated heterocycles. The Balaban J connectivity index is 3.53. The lowest BCUT2D eigenvalue weighted by Crippen LogP contribution is -2.06. The average molecular weight is 222 g/mol. The van der Waals surface area contributed by atoms with Crippen LogP contribution in [0.25, 0.3) is 0 Å². The van der Waals surface area contributed by atoms with Crippen LogP contribution >= 0.6 is 0 Å². The van der Waals surface area contributed by atoms with Gasteiger partial charge in [0, 0.05) is 0 Å². The molecule has 1 aromatic rings. The highest BCUT2D eigenvalue weighted by Gasteiger charge is 2.18. The topological polar surface area (TPSA) is 52.6 Å². The number of hydrogen-bond donors (Lipinski definition) is 0. The van der Waals surface area contributed by atoms with Crippen LogP contribution in [0.5, 0.6) is 11.5 Å². The third-order valence-electron chi connectivity index (χ3n) is 2.59. The summed E-state index contributed by atoms with van der Waals surface area (Å²) < 4.78 is 10.3. The number of rotatable bonds is 4. The molecule has 0 spiro atoms. The fraction of sp³-hybridized carbons (Fsp3) is 0.333. The van der Waals surface area contributed by atoms with Crippen molar-refractivity contribution in [3.05, 3.63) is 22.8 Å². The lowest BCUT2D eigenvalue weighted by molar-refractivity contribution is -0.104. The van der Waals surface area contributed by atoms with E-state index in [9.17, 15) is 9.59 Å². The van der Waals surface area contributed by atoms with Crippen LogP contribution < -0.4 is 9.47 Å². The molecule has 0 aromatic heterocycles. The molecule has 1 rings (SSSR count). The Morgan fingerprint density at radius 2 is 1.81 bits per heavy atom. The largest absolute Gasteiger partial charge is 0.496 e. The fourth-order valence-corrected chi connectivity index (χ4v) is 1.58. The Hall–Kier alpha value is -1.84. The van der Waals surface area contributed by atoms with Gasteiger partial charge in [0.05, 0.1) is 19.8 Å². The molecule has 4 nitrogen and oxygen atoms in total. The summed E-state index contributed by atoms with van der Waals surface area (Å²) in [6, 6.07) is 1.53. The summed E-state index contributed by atoms with van der Waals surface area (Å²) in [6.07, 6.45) is 0.270. The van der Waals surface area contributed by atoms with E-state index in [0.717, 1.165) is 11.1 Å². The Kier molecular flexibility index (Phi) is 3.66. The number of hydrogen-bond acceptors (Lipinski definition) is 4. The molecule has 4 heteroatoms. The Bertz CT molecular complexity index is 435. The second kappa shape index (κ2) is 4.79. The van der Waals surface area contributed by atoms with E-state index in [0.29, 0.717) is 11.5 Å². The van der Waals surface area contributed by atoms with Gasteiger partial charge in [-0.15, -0.1) is 0 Å². The smallest absolute Gasteiger partial charge is 0.229 e. The van der Waals surface area contributed by atoms with Gasteiger partial charge in [0.15, 0.2) is 6.29 Å². The Morgan fingerprint density at radius 1 is 1.19 bits per heavy atom. The third kappa shape index (κ3) is 1.91. The minimum Gasteiger partial charge on any atom is -0.496 e. The molecule has 0 amide bonds. The molecular formula is C12H14O4. The predicted octanol–water partition coefficient (Wildman–Crippen LogP) is 1.70. The van der Waals surface area contributed by atoms with Crippen molar-refractivity contribution in [3.63, 3.8) is 0 Å². The van der Waals surface area contributed by atoms with Gasteiger partial charge in [0.1, 0.15) is 11.5 Å². The standard InChI is InChI=1S/C12H14O4/c1-7-8(2)12(16-4)9(10(14)6-13)5-11(7)15-3/h5-6H,1-4H3. The molecule has 1 aromatic carbocycles. The number of methoxy groups -OCH3 is 2. The van der Waals surface area contributed by atoms with E-state index in [1.165, 1.54) is 20.3 Å². The highest BCUT2D eigenvalue weighted by atomic mass is 16.5. The lowest BCUT2D eigenvalue weighted by atomic mass is 10.0. The molecule has 0 N–H and O–H groups in total. The first-order chi connectivity index (χ1) is 7.56. The Labute approximate surface area is 94.2 Å². The fourth-order valence-electron chi connectivity index (χ4n) is 1.58. The quantitative estimate of drug-likeness (QED) is 0.442. The van der Waals surface area contributed by atoms with Gasteiger partial charge in [-0.25, -0.2) is 0 Å². The van der Waals surface area contributed by atoms with Gasteiger partial charge in [0.25, 0.3) is 0 Å². The van der Waals surface area contributed by atoms with Gasteiger partial charge in [-0.3, -0.25) is 9.59 Å². The molecule has 0 radical (unpaired) electrons. The van der Waals surface area contributed by atoms with Crippen molar-refractivity contribution in [1.82, 2.24) is 0 Å². The van der Waals surface area contributed by atoms with E-state index in [4.69, 9.17) is 9.47 Å². The summed E-state index contributed by atoms with van der Waals surface area (Å²) in [7, 11) is 2.99. The Morgan fingerprint density at radius 3 is 2.25 bits per heavy atom. The van der Waals surface area contributed by atoms with Crippen molar-refractivity contribution in [2.75, 3.05) is 14.2 Å². The van der Waals surface area contributed by atoms with Crippen molar-refractivity contribution in [2.24, 2.45) is 0 Å². The zero-order valence-corrected chi connectivity index (χ0v) is 9.79. The monoisotopic (exact) mass is 222 g/mol. The number of carbonyl (C=O) groups excluding carboxylic acids is 2. The normalized spacial score (nSPS) is 9.75. The van der Waals surface area contributed by atoms with Crippen LogP contribution in [0.1, 0.15) is 21.5 Å². The second-order valence-corrected chi connectivity index (χ2v) is 3.39. The molecule has 0 atom stereocenters. The van der Waals surface area contributed by atoms with Gasteiger partial charge in [-0.05, 0) is 31.0 Å². The molecular weight excluding hydrogens is 208 g/mol. The van der Waals surface area contributed by atoms with Gasteiger partial charge < -0.3 is 9.47 Å². The molecule has 0 unspecified atom stereocenters. The second-order valence-electron chi connectivity index (χ2n) is 3.39. The maximum atomic E-state index is 11.4. The molecule has 0 heterocycles. The van der Waals surface area contributed by atoms with E-state index >= 15 is 0 Å². The van der Waals surface area contributed by atoms with Crippen LogP contribution in [-0.4, -0.2) is 26.3 Å². The summed E-state index contributed by atoms with van der Waals surface area (Å²) in [5.41, 5.74) is 1.92. The minimum atomic E-state index is -0.613.